The van der Waals surface area contributed by atoms with E-state index in [0.717, 1.165) is 12.8 Å². The van der Waals surface area contributed by atoms with E-state index in [9.17, 15) is 9.59 Å². The first-order valence-electron chi connectivity index (χ1n) is 5.21. The quantitative estimate of drug-likeness (QED) is 0.716. The van der Waals surface area contributed by atoms with Gasteiger partial charge in [-0.05, 0) is 26.2 Å². The first-order chi connectivity index (χ1) is 7.07. The van der Waals surface area contributed by atoms with Crippen LogP contribution >= 0.6 is 12.4 Å². The number of halogens is 1. The number of rotatable bonds is 2. The molecule has 94 valence electrons. The number of ether oxygens (including phenoxy) is 1. The lowest BCUT2D eigenvalue weighted by Gasteiger charge is -2.34. The number of nitrogens with two attached hydrogens (primary N) is 1. The number of piperidine rings is 1. The van der Waals surface area contributed by atoms with Gasteiger partial charge in [0.2, 0.25) is 5.91 Å². The second-order valence-electron chi connectivity index (χ2n) is 3.86. The van der Waals surface area contributed by atoms with Crippen LogP contribution in [0.25, 0.3) is 0 Å². The Morgan fingerprint density at radius 1 is 1.44 bits per heavy atom. The molecule has 0 aromatic rings. The van der Waals surface area contributed by atoms with Gasteiger partial charge in [0.25, 0.3) is 0 Å². The Hall–Kier alpha value is -0.810. The fourth-order valence-corrected chi connectivity index (χ4v) is 1.84. The lowest BCUT2D eigenvalue weighted by Crippen LogP contribution is -2.53. The van der Waals surface area contributed by atoms with E-state index < -0.39 is 12.1 Å². The smallest absolute Gasteiger partial charge is 0.328 e. The highest BCUT2D eigenvalue weighted by molar-refractivity contribution is 5.87. The van der Waals surface area contributed by atoms with E-state index in [1.54, 1.807) is 11.8 Å². The number of esters is 1. The molecule has 6 heteroatoms. The third-order valence-corrected chi connectivity index (χ3v) is 2.65. The van der Waals surface area contributed by atoms with Crippen molar-refractivity contribution in [1.82, 2.24) is 4.90 Å². The molecule has 0 aromatic heterocycles. The van der Waals surface area contributed by atoms with E-state index in [2.05, 4.69) is 4.74 Å². The van der Waals surface area contributed by atoms with Crippen LogP contribution in [-0.2, 0) is 14.3 Å². The van der Waals surface area contributed by atoms with E-state index in [1.165, 1.54) is 7.11 Å². The highest BCUT2D eigenvalue weighted by atomic mass is 35.5. The third kappa shape index (κ3) is 3.35. The molecule has 5 nitrogen and oxygen atoms in total. The van der Waals surface area contributed by atoms with Crippen LogP contribution in [0.15, 0.2) is 0 Å². The molecule has 2 atom stereocenters. The minimum atomic E-state index is -0.560. The predicted octanol–water partition coefficient (Wildman–Crippen LogP) is 0.309. The number of likely N-dealkylation sites (tertiary alicyclic amines) is 1. The van der Waals surface area contributed by atoms with Gasteiger partial charge in [-0.2, -0.15) is 0 Å². The van der Waals surface area contributed by atoms with Crippen LogP contribution < -0.4 is 5.73 Å². The largest absolute Gasteiger partial charge is 0.467 e. The van der Waals surface area contributed by atoms with Crippen LogP contribution in [0, 0.1) is 0 Å². The molecule has 0 radical (unpaired) electrons. The van der Waals surface area contributed by atoms with E-state index in [4.69, 9.17) is 5.73 Å². The molecule has 0 saturated carbocycles. The van der Waals surface area contributed by atoms with Gasteiger partial charge in [-0.25, -0.2) is 4.79 Å². The Labute approximate surface area is 102 Å². The predicted molar refractivity (Wildman–Crippen MR) is 62.3 cm³/mol. The van der Waals surface area contributed by atoms with E-state index in [-0.39, 0.29) is 24.3 Å². The zero-order valence-corrected chi connectivity index (χ0v) is 10.5. The summed E-state index contributed by atoms with van der Waals surface area (Å²) in [5, 5.41) is 0. The molecule has 1 heterocycles. The second kappa shape index (κ2) is 6.70. The molecule has 0 bridgehead atoms. The van der Waals surface area contributed by atoms with Crippen LogP contribution in [0.5, 0.6) is 0 Å². The molecule has 2 N–H and O–H groups in total. The van der Waals surface area contributed by atoms with Crippen LogP contribution in [0.1, 0.15) is 26.2 Å². The standard InChI is InChI=1S/C10H18N2O3.ClH/c1-7(11)9(13)12-6-4-3-5-8(12)10(14)15-2;/h7-8H,3-6,11H2,1-2H3;1H/t7-,8?;/m0./s1. The molecular weight excluding hydrogens is 232 g/mol. The molecule has 1 rings (SSSR count). The Bertz CT molecular complexity index is 258. The van der Waals surface area contributed by atoms with Crippen molar-refractivity contribution in [3.05, 3.63) is 0 Å². The summed E-state index contributed by atoms with van der Waals surface area (Å²) in [5.74, 6) is -0.520. The molecule has 1 amide bonds. The van der Waals surface area contributed by atoms with Gasteiger partial charge in [0.05, 0.1) is 13.2 Å². The van der Waals surface area contributed by atoms with E-state index >= 15 is 0 Å². The van der Waals surface area contributed by atoms with Gasteiger partial charge in [0.1, 0.15) is 6.04 Å². The van der Waals surface area contributed by atoms with Crippen molar-refractivity contribution in [3.63, 3.8) is 0 Å². The average molecular weight is 251 g/mol. The Morgan fingerprint density at radius 3 is 2.56 bits per heavy atom. The van der Waals surface area contributed by atoms with E-state index in [1.807, 2.05) is 0 Å². The van der Waals surface area contributed by atoms with Crippen molar-refractivity contribution < 1.29 is 14.3 Å². The van der Waals surface area contributed by atoms with Crippen molar-refractivity contribution in [2.75, 3.05) is 13.7 Å². The van der Waals surface area contributed by atoms with Crippen molar-refractivity contribution in [1.29, 1.82) is 0 Å². The number of hydrogen-bond acceptors (Lipinski definition) is 4. The van der Waals surface area contributed by atoms with Gasteiger partial charge < -0.3 is 15.4 Å². The highest BCUT2D eigenvalue weighted by Gasteiger charge is 2.33. The Kier molecular flexibility index (Phi) is 6.36. The first kappa shape index (κ1) is 15.2. The van der Waals surface area contributed by atoms with Crippen LogP contribution in [-0.4, -0.2) is 42.5 Å². The third-order valence-electron chi connectivity index (χ3n) is 2.65. The maximum Gasteiger partial charge on any atom is 0.328 e. The maximum atomic E-state index is 11.7. The van der Waals surface area contributed by atoms with Gasteiger partial charge in [-0.15, -0.1) is 12.4 Å². The highest BCUT2D eigenvalue weighted by Crippen LogP contribution is 2.18. The van der Waals surface area contributed by atoms with Crippen LogP contribution in [0.3, 0.4) is 0 Å². The maximum absolute atomic E-state index is 11.7. The Morgan fingerprint density at radius 2 is 2.06 bits per heavy atom. The number of amides is 1. The molecule has 16 heavy (non-hydrogen) atoms. The molecule has 1 unspecified atom stereocenters. The summed E-state index contributed by atoms with van der Waals surface area (Å²) >= 11 is 0. The monoisotopic (exact) mass is 250 g/mol. The molecule has 1 saturated heterocycles. The molecule has 1 aliphatic heterocycles. The summed E-state index contributed by atoms with van der Waals surface area (Å²) in [6.45, 7) is 2.23. The molecule has 1 aliphatic rings. The van der Waals surface area contributed by atoms with Crippen molar-refractivity contribution in [3.8, 4) is 0 Å². The first-order valence-corrected chi connectivity index (χ1v) is 5.21. The lowest BCUT2D eigenvalue weighted by molar-refractivity contribution is -0.155. The summed E-state index contributed by atoms with van der Waals surface area (Å²) in [4.78, 5) is 24.7. The minimum Gasteiger partial charge on any atom is -0.467 e. The minimum absolute atomic E-state index is 0. The van der Waals surface area contributed by atoms with E-state index in [0.29, 0.717) is 13.0 Å². The summed E-state index contributed by atoms with van der Waals surface area (Å²) in [7, 11) is 1.34. The van der Waals surface area contributed by atoms with Gasteiger partial charge in [0, 0.05) is 6.54 Å². The summed E-state index contributed by atoms with van der Waals surface area (Å²) < 4.78 is 4.68. The zero-order valence-electron chi connectivity index (χ0n) is 9.64. The van der Waals surface area contributed by atoms with Gasteiger partial charge in [-0.3, -0.25) is 4.79 Å². The van der Waals surface area contributed by atoms with Crippen molar-refractivity contribution in [2.45, 2.75) is 38.3 Å². The van der Waals surface area contributed by atoms with Gasteiger partial charge in [0.15, 0.2) is 0 Å². The fraction of sp³-hybridized carbons (Fsp3) is 0.800. The van der Waals surface area contributed by atoms with Crippen LogP contribution in [0.2, 0.25) is 0 Å². The van der Waals surface area contributed by atoms with Crippen LogP contribution in [0.4, 0.5) is 0 Å². The average Bonchev–Trinajstić information content (AvgIpc) is 2.27. The SMILES string of the molecule is COC(=O)C1CCCCN1C(=O)[C@H](C)N.Cl. The number of methoxy groups -OCH3 is 1. The number of carbonyl (C=O) groups is 2. The summed E-state index contributed by atoms with van der Waals surface area (Å²) in [5.41, 5.74) is 5.53. The number of carbonyl (C=O) groups excluding carboxylic acids is 2. The molecule has 0 aliphatic carbocycles. The number of hydrogen-bond donors (Lipinski definition) is 1. The summed E-state index contributed by atoms with van der Waals surface area (Å²) in [6.07, 6.45) is 2.54. The molecule has 1 fully saturated rings. The fourth-order valence-electron chi connectivity index (χ4n) is 1.84. The van der Waals surface area contributed by atoms with Gasteiger partial charge >= 0.3 is 5.97 Å². The Balaban J connectivity index is 0.00000225. The normalized spacial score (nSPS) is 21.9. The second-order valence-corrected chi connectivity index (χ2v) is 3.86. The number of nitrogens with zero attached hydrogens (tertiary/aromatic N) is 1. The van der Waals surface area contributed by atoms with Gasteiger partial charge in [-0.1, -0.05) is 0 Å². The van der Waals surface area contributed by atoms with Crippen molar-refractivity contribution in [2.24, 2.45) is 5.73 Å². The molecular formula is C10H19ClN2O3. The summed E-state index contributed by atoms with van der Waals surface area (Å²) in [6, 6.07) is -1.00. The lowest BCUT2D eigenvalue weighted by atomic mass is 10.0. The molecule has 0 aromatic carbocycles. The van der Waals surface area contributed by atoms with Crippen molar-refractivity contribution >= 4 is 24.3 Å². The topological polar surface area (TPSA) is 72.6 Å². The molecule has 0 spiro atoms. The zero-order chi connectivity index (χ0) is 11.4.